The second kappa shape index (κ2) is 5.70. The summed E-state index contributed by atoms with van der Waals surface area (Å²) in [6.07, 6.45) is 0. The number of carbonyl (C=O) groups excluding carboxylic acids is 2. The molecule has 0 aliphatic carbocycles. The van der Waals surface area contributed by atoms with Crippen LogP contribution in [0.15, 0.2) is 42.5 Å². The van der Waals surface area contributed by atoms with E-state index in [2.05, 4.69) is 5.32 Å². The Morgan fingerprint density at radius 3 is 2.10 bits per heavy atom. The first-order valence-electron chi connectivity index (χ1n) is 6.47. The molecular weight excluding hydrogens is 250 g/mol. The van der Waals surface area contributed by atoms with Gasteiger partial charge in [-0.25, -0.2) is 0 Å². The van der Waals surface area contributed by atoms with Gasteiger partial charge in [0.1, 0.15) is 0 Å². The Morgan fingerprint density at radius 2 is 1.50 bits per heavy atom. The molecule has 3 heteroatoms. The number of aryl methyl sites for hydroxylation is 3. The third kappa shape index (κ3) is 3.12. The third-order valence-electron chi connectivity index (χ3n) is 3.28. The van der Waals surface area contributed by atoms with Crippen molar-refractivity contribution in [3.8, 4) is 0 Å². The summed E-state index contributed by atoms with van der Waals surface area (Å²) in [6.45, 7) is 5.90. The topological polar surface area (TPSA) is 46.2 Å². The molecule has 0 unspecified atom stereocenters. The molecule has 2 aromatic carbocycles. The third-order valence-corrected chi connectivity index (χ3v) is 3.28. The molecule has 2 rings (SSSR count). The minimum absolute atomic E-state index is 0.400. The summed E-state index contributed by atoms with van der Waals surface area (Å²) in [6, 6.07) is 12.5. The number of nitrogens with one attached hydrogen (secondary N) is 1. The van der Waals surface area contributed by atoms with Crippen LogP contribution in [-0.4, -0.2) is 11.7 Å². The highest BCUT2D eigenvalue weighted by molar-refractivity contribution is 6.46. The molecule has 20 heavy (non-hydrogen) atoms. The van der Waals surface area contributed by atoms with E-state index in [1.165, 1.54) is 0 Å². The fourth-order valence-corrected chi connectivity index (χ4v) is 1.84. The zero-order valence-corrected chi connectivity index (χ0v) is 11.9. The minimum Gasteiger partial charge on any atom is -0.319 e. The summed E-state index contributed by atoms with van der Waals surface area (Å²) in [5.74, 6) is -1.14. The van der Waals surface area contributed by atoms with Crippen molar-refractivity contribution in [1.82, 2.24) is 0 Å². The molecule has 2 aromatic rings. The number of amides is 1. The number of Topliss-reactive ketones (excluding diaryl/α,β-unsaturated/α-hetero) is 1. The van der Waals surface area contributed by atoms with Crippen molar-refractivity contribution in [1.29, 1.82) is 0 Å². The van der Waals surface area contributed by atoms with Crippen molar-refractivity contribution >= 4 is 17.4 Å². The maximum Gasteiger partial charge on any atom is 0.296 e. The van der Waals surface area contributed by atoms with Crippen LogP contribution in [0.5, 0.6) is 0 Å². The molecule has 0 aliphatic heterocycles. The number of benzene rings is 2. The summed E-state index contributed by atoms with van der Waals surface area (Å²) in [4.78, 5) is 23.9. The first-order valence-corrected chi connectivity index (χ1v) is 6.47. The van der Waals surface area contributed by atoms with Gasteiger partial charge in [-0.1, -0.05) is 35.9 Å². The Hall–Kier alpha value is -2.42. The van der Waals surface area contributed by atoms with Crippen LogP contribution >= 0.6 is 0 Å². The minimum atomic E-state index is -0.614. The maximum atomic E-state index is 12.0. The lowest BCUT2D eigenvalue weighted by Crippen LogP contribution is -2.22. The molecule has 3 nitrogen and oxygen atoms in total. The molecular formula is C17H17NO2. The smallest absolute Gasteiger partial charge is 0.296 e. The Labute approximate surface area is 118 Å². The van der Waals surface area contributed by atoms with Crippen LogP contribution < -0.4 is 5.32 Å². The fraction of sp³-hybridized carbons (Fsp3) is 0.176. The molecule has 0 fully saturated rings. The van der Waals surface area contributed by atoms with Gasteiger partial charge >= 0.3 is 0 Å². The maximum absolute atomic E-state index is 12.0. The number of ketones is 1. The fourth-order valence-electron chi connectivity index (χ4n) is 1.84. The molecule has 0 saturated carbocycles. The van der Waals surface area contributed by atoms with Crippen molar-refractivity contribution in [3.05, 3.63) is 64.7 Å². The summed E-state index contributed by atoms with van der Waals surface area (Å²) in [5.41, 5.74) is 4.31. The van der Waals surface area contributed by atoms with Gasteiger partial charge in [0.05, 0.1) is 0 Å². The highest BCUT2D eigenvalue weighted by atomic mass is 16.2. The first-order chi connectivity index (χ1) is 9.47. The average molecular weight is 267 g/mol. The van der Waals surface area contributed by atoms with Gasteiger partial charge in [-0.05, 0) is 44.0 Å². The molecule has 1 amide bonds. The molecule has 0 atom stereocenters. The SMILES string of the molecule is Cc1ccc(C(=O)C(=O)Nc2ccc(C)c(C)c2)cc1. The standard InChI is InChI=1S/C17H17NO2/c1-11-4-7-14(8-5-11)16(19)17(20)18-15-9-6-12(2)13(3)10-15/h4-10H,1-3H3,(H,18,20). The second-order valence-corrected chi connectivity index (χ2v) is 4.95. The summed E-state index contributed by atoms with van der Waals surface area (Å²) < 4.78 is 0. The van der Waals surface area contributed by atoms with E-state index in [4.69, 9.17) is 0 Å². The van der Waals surface area contributed by atoms with E-state index in [-0.39, 0.29) is 0 Å². The highest BCUT2D eigenvalue weighted by Crippen LogP contribution is 2.14. The Balaban J connectivity index is 2.13. The van der Waals surface area contributed by atoms with Gasteiger partial charge in [0.2, 0.25) is 0 Å². The summed E-state index contributed by atoms with van der Waals surface area (Å²) in [7, 11) is 0. The molecule has 1 N–H and O–H groups in total. The normalized spacial score (nSPS) is 10.2. The summed E-state index contributed by atoms with van der Waals surface area (Å²) >= 11 is 0. The van der Waals surface area contributed by atoms with Gasteiger partial charge in [0, 0.05) is 11.3 Å². The van der Waals surface area contributed by atoms with Crippen LogP contribution in [0.4, 0.5) is 5.69 Å². The van der Waals surface area contributed by atoms with Crippen molar-refractivity contribution in [3.63, 3.8) is 0 Å². The predicted octanol–water partition coefficient (Wildman–Crippen LogP) is 3.43. The lowest BCUT2D eigenvalue weighted by Gasteiger charge is -2.07. The van der Waals surface area contributed by atoms with Crippen LogP contribution in [-0.2, 0) is 4.79 Å². The van der Waals surface area contributed by atoms with Gasteiger partial charge in [0.25, 0.3) is 11.7 Å². The first kappa shape index (κ1) is 14.0. The van der Waals surface area contributed by atoms with Gasteiger partial charge in [-0.15, -0.1) is 0 Å². The largest absolute Gasteiger partial charge is 0.319 e. The molecule has 0 spiro atoms. The Morgan fingerprint density at radius 1 is 0.850 bits per heavy atom. The summed E-state index contributed by atoms with van der Waals surface area (Å²) in [5, 5.41) is 2.63. The molecule has 0 aromatic heterocycles. The monoisotopic (exact) mass is 267 g/mol. The van der Waals surface area contributed by atoms with Crippen LogP contribution in [0.25, 0.3) is 0 Å². The molecule has 102 valence electrons. The van der Waals surface area contributed by atoms with Crippen molar-refractivity contribution in [2.75, 3.05) is 5.32 Å². The van der Waals surface area contributed by atoms with Crippen molar-refractivity contribution < 1.29 is 9.59 Å². The average Bonchev–Trinajstić information content (AvgIpc) is 2.43. The lowest BCUT2D eigenvalue weighted by molar-refractivity contribution is -0.112. The number of hydrogen-bond donors (Lipinski definition) is 1. The molecule has 0 radical (unpaired) electrons. The van der Waals surface area contributed by atoms with Crippen LogP contribution in [0.1, 0.15) is 27.0 Å². The number of carbonyl (C=O) groups is 2. The van der Waals surface area contributed by atoms with Crippen molar-refractivity contribution in [2.24, 2.45) is 0 Å². The quantitative estimate of drug-likeness (QED) is 0.684. The van der Waals surface area contributed by atoms with E-state index in [0.717, 1.165) is 16.7 Å². The number of anilines is 1. The van der Waals surface area contributed by atoms with E-state index in [9.17, 15) is 9.59 Å². The molecule has 0 heterocycles. The highest BCUT2D eigenvalue weighted by Gasteiger charge is 2.16. The second-order valence-electron chi connectivity index (χ2n) is 4.95. The Bertz CT molecular complexity index is 657. The van der Waals surface area contributed by atoms with Crippen LogP contribution in [0, 0.1) is 20.8 Å². The molecule has 0 bridgehead atoms. The van der Waals surface area contributed by atoms with Gasteiger partial charge in [-0.3, -0.25) is 9.59 Å². The van der Waals surface area contributed by atoms with Crippen LogP contribution in [0.2, 0.25) is 0 Å². The number of hydrogen-bond acceptors (Lipinski definition) is 2. The Kier molecular flexibility index (Phi) is 3.99. The van der Waals surface area contributed by atoms with E-state index >= 15 is 0 Å². The zero-order valence-electron chi connectivity index (χ0n) is 11.9. The van der Waals surface area contributed by atoms with Crippen LogP contribution in [0.3, 0.4) is 0 Å². The lowest BCUT2D eigenvalue weighted by atomic mass is 10.1. The van der Waals surface area contributed by atoms with E-state index in [0.29, 0.717) is 11.3 Å². The van der Waals surface area contributed by atoms with E-state index < -0.39 is 11.7 Å². The van der Waals surface area contributed by atoms with Gasteiger partial charge in [-0.2, -0.15) is 0 Å². The zero-order chi connectivity index (χ0) is 14.7. The van der Waals surface area contributed by atoms with Crippen molar-refractivity contribution in [2.45, 2.75) is 20.8 Å². The predicted molar refractivity (Wildman–Crippen MR) is 80.1 cm³/mol. The molecule has 0 saturated heterocycles. The van der Waals surface area contributed by atoms with E-state index in [1.54, 1.807) is 18.2 Å². The van der Waals surface area contributed by atoms with Gasteiger partial charge in [0.15, 0.2) is 0 Å². The number of rotatable bonds is 3. The molecule has 0 aliphatic rings. The van der Waals surface area contributed by atoms with E-state index in [1.807, 2.05) is 45.0 Å². The van der Waals surface area contributed by atoms with Gasteiger partial charge < -0.3 is 5.32 Å².